The first-order chi connectivity index (χ1) is 16.1. The summed E-state index contributed by atoms with van der Waals surface area (Å²) in [6, 6.07) is 32.6. The van der Waals surface area contributed by atoms with Crippen molar-refractivity contribution in [1.82, 2.24) is 10.2 Å². The summed E-state index contributed by atoms with van der Waals surface area (Å²) in [5.74, 6) is 1.43. The summed E-state index contributed by atoms with van der Waals surface area (Å²) in [7, 11) is 0. The van der Waals surface area contributed by atoms with E-state index in [1.54, 1.807) is 0 Å². The first-order valence-electron chi connectivity index (χ1n) is 11.4. The standard InChI is InChI=1S/C28H30ClN3S/c1-3-32(26-19-30-31-27(26)29)20-22(2)21-33-28(23-13-7-4-8-14-23,24-15-9-5-10-16-24)25-17-11-6-12-18-25/h4-19,22H,3,20-21H2,1-2H3,(H,30,31). The summed E-state index contributed by atoms with van der Waals surface area (Å²) in [6.07, 6.45) is 1.81. The fourth-order valence-corrected chi connectivity index (χ4v) is 6.11. The molecule has 0 bridgehead atoms. The lowest BCUT2D eigenvalue weighted by Gasteiger charge is -2.37. The number of H-pyrrole nitrogens is 1. The Hall–Kier alpha value is -2.69. The Balaban J connectivity index is 1.68. The number of thioether (sulfide) groups is 1. The van der Waals surface area contributed by atoms with Crippen LogP contribution in [0.2, 0.25) is 5.15 Å². The van der Waals surface area contributed by atoms with Gasteiger partial charge < -0.3 is 4.90 Å². The number of nitrogens with one attached hydrogen (secondary N) is 1. The molecule has 5 heteroatoms. The Morgan fingerprint density at radius 1 is 0.879 bits per heavy atom. The number of aromatic amines is 1. The van der Waals surface area contributed by atoms with Crippen LogP contribution in [0.5, 0.6) is 0 Å². The van der Waals surface area contributed by atoms with Crippen LogP contribution in [0.25, 0.3) is 0 Å². The number of hydrogen-bond donors (Lipinski definition) is 1. The van der Waals surface area contributed by atoms with Gasteiger partial charge in [0.2, 0.25) is 0 Å². The summed E-state index contributed by atoms with van der Waals surface area (Å²) < 4.78 is -0.289. The molecule has 1 unspecified atom stereocenters. The number of halogens is 1. The van der Waals surface area contributed by atoms with E-state index < -0.39 is 0 Å². The first-order valence-corrected chi connectivity index (χ1v) is 12.8. The SMILES string of the molecule is CCN(CC(C)CSC(c1ccccc1)(c1ccccc1)c1ccccc1)c1cn[nH]c1Cl. The van der Waals surface area contributed by atoms with Crippen molar-refractivity contribution in [3.63, 3.8) is 0 Å². The summed E-state index contributed by atoms with van der Waals surface area (Å²) in [5, 5.41) is 7.55. The van der Waals surface area contributed by atoms with E-state index in [0.29, 0.717) is 11.1 Å². The molecule has 1 N–H and O–H groups in total. The smallest absolute Gasteiger partial charge is 0.147 e. The highest BCUT2D eigenvalue weighted by Gasteiger charge is 2.37. The highest BCUT2D eigenvalue weighted by Crippen LogP contribution is 2.49. The van der Waals surface area contributed by atoms with Crippen molar-refractivity contribution in [2.75, 3.05) is 23.7 Å². The number of hydrogen-bond acceptors (Lipinski definition) is 3. The van der Waals surface area contributed by atoms with Gasteiger partial charge in [0.05, 0.1) is 16.6 Å². The summed E-state index contributed by atoms with van der Waals surface area (Å²) in [5.41, 5.74) is 4.86. The molecular formula is C28H30ClN3S. The van der Waals surface area contributed by atoms with Gasteiger partial charge in [-0.2, -0.15) is 5.10 Å². The number of nitrogens with zero attached hydrogens (tertiary/aromatic N) is 2. The van der Waals surface area contributed by atoms with Crippen molar-refractivity contribution >= 4 is 29.1 Å². The Bertz CT molecular complexity index is 1020. The van der Waals surface area contributed by atoms with E-state index in [1.165, 1.54) is 16.7 Å². The molecule has 1 aromatic heterocycles. The van der Waals surface area contributed by atoms with Crippen molar-refractivity contribution in [2.45, 2.75) is 18.6 Å². The van der Waals surface area contributed by atoms with Gasteiger partial charge in [-0.05, 0) is 35.3 Å². The average molecular weight is 476 g/mol. The molecule has 33 heavy (non-hydrogen) atoms. The molecule has 1 atom stereocenters. The lowest BCUT2D eigenvalue weighted by Crippen LogP contribution is -2.31. The fourth-order valence-electron chi connectivity index (χ4n) is 4.35. The van der Waals surface area contributed by atoms with E-state index in [0.717, 1.165) is 24.5 Å². The molecule has 0 saturated carbocycles. The van der Waals surface area contributed by atoms with Crippen LogP contribution < -0.4 is 4.90 Å². The van der Waals surface area contributed by atoms with Crippen LogP contribution in [-0.4, -0.2) is 29.0 Å². The van der Waals surface area contributed by atoms with Gasteiger partial charge in [0.1, 0.15) is 5.15 Å². The van der Waals surface area contributed by atoms with Gasteiger partial charge in [0.15, 0.2) is 0 Å². The molecule has 4 rings (SSSR count). The van der Waals surface area contributed by atoms with Crippen molar-refractivity contribution in [3.05, 3.63) is 119 Å². The highest BCUT2D eigenvalue weighted by atomic mass is 35.5. The third-order valence-electron chi connectivity index (χ3n) is 5.95. The highest BCUT2D eigenvalue weighted by molar-refractivity contribution is 8.00. The zero-order valence-corrected chi connectivity index (χ0v) is 20.7. The van der Waals surface area contributed by atoms with E-state index in [4.69, 9.17) is 11.6 Å². The van der Waals surface area contributed by atoms with Gasteiger partial charge in [-0.3, -0.25) is 5.10 Å². The number of anilines is 1. The van der Waals surface area contributed by atoms with E-state index in [-0.39, 0.29) is 4.75 Å². The van der Waals surface area contributed by atoms with Gasteiger partial charge in [-0.1, -0.05) is 110 Å². The van der Waals surface area contributed by atoms with Crippen LogP contribution in [-0.2, 0) is 4.75 Å². The van der Waals surface area contributed by atoms with Crippen LogP contribution in [0, 0.1) is 5.92 Å². The van der Waals surface area contributed by atoms with Crippen LogP contribution >= 0.6 is 23.4 Å². The molecule has 0 aliphatic heterocycles. The molecule has 0 aliphatic rings. The summed E-state index contributed by atoms with van der Waals surface area (Å²) >= 11 is 8.33. The normalized spacial score (nSPS) is 12.5. The number of benzene rings is 3. The minimum atomic E-state index is -0.289. The maximum atomic E-state index is 6.32. The quantitative estimate of drug-likeness (QED) is 0.245. The molecule has 1 heterocycles. The Morgan fingerprint density at radius 3 is 1.76 bits per heavy atom. The van der Waals surface area contributed by atoms with Crippen molar-refractivity contribution in [3.8, 4) is 0 Å². The molecule has 0 amide bonds. The second-order valence-electron chi connectivity index (χ2n) is 8.30. The molecule has 0 spiro atoms. The minimum Gasteiger partial charge on any atom is -0.368 e. The van der Waals surface area contributed by atoms with Gasteiger partial charge in [0.25, 0.3) is 0 Å². The average Bonchev–Trinajstić information content (AvgIpc) is 3.30. The third kappa shape index (κ3) is 5.13. The number of aromatic nitrogens is 2. The topological polar surface area (TPSA) is 31.9 Å². The minimum absolute atomic E-state index is 0.289. The predicted octanol–water partition coefficient (Wildman–Crippen LogP) is 7.25. The molecule has 3 aromatic carbocycles. The fraction of sp³-hybridized carbons (Fsp3) is 0.250. The molecule has 3 nitrogen and oxygen atoms in total. The van der Waals surface area contributed by atoms with Crippen LogP contribution in [0.1, 0.15) is 30.5 Å². The molecule has 0 fully saturated rings. The zero-order valence-electron chi connectivity index (χ0n) is 19.1. The van der Waals surface area contributed by atoms with E-state index >= 15 is 0 Å². The Kier molecular flexibility index (Phi) is 7.79. The summed E-state index contributed by atoms with van der Waals surface area (Å²) in [4.78, 5) is 2.30. The second-order valence-corrected chi connectivity index (χ2v) is 9.92. The molecular weight excluding hydrogens is 446 g/mol. The molecule has 0 saturated heterocycles. The maximum Gasteiger partial charge on any atom is 0.147 e. The van der Waals surface area contributed by atoms with E-state index in [1.807, 2.05) is 18.0 Å². The Labute approximate surface area is 206 Å². The van der Waals surface area contributed by atoms with Gasteiger partial charge >= 0.3 is 0 Å². The van der Waals surface area contributed by atoms with Crippen molar-refractivity contribution in [1.29, 1.82) is 0 Å². The second kappa shape index (κ2) is 11.0. The van der Waals surface area contributed by atoms with Crippen molar-refractivity contribution < 1.29 is 0 Å². The van der Waals surface area contributed by atoms with Crippen LogP contribution in [0.15, 0.2) is 97.2 Å². The predicted molar refractivity (Wildman–Crippen MR) is 142 cm³/mol. The molecule has 0 aliphatic carbocycles. The largest absolute Gasteiger partial charge is 0.368 e. The zero-order chi connectivity index (χ0) is 23.1. The van der Waals surface area contributed by atoms with Gasteiger partial charge in [-0.15, -0.1) is 11.8 Å². The molecule has 4 aromatic rings. The summed E-state index contributed by atoms with van der Waals surface area (Å²) in [6.45, 7) is 6.27. The lowest BCUT2D eigenvalue weighted by molar-refractivity contribution is 0.625. The van der Waals surface area contributed by atoms with Crippen LogP contribution in [0.3, 0.4) is 0 Å². The third-order valence-corrected chi connectivity index (χ3v) is 8.11. The Morgan fingerprint density at radius 2 is 1.36 bits per heavy atom. The first kappa shape index (κ1) is 23.5. The van der Waals surface area contributed by atoms with E-state index in [2.05, 4.69) is 120 Å². The monoisotopic (exact) mass is 475 g/mol. The van der Waals surface area contributed by atoms with Crippen LogP contribution in [0.4, 0.5) is 5.69 Å². The molecule has 0 radical (unpaired) electrons. The maximum absolute atomic E-state index is 6.32. The van der Waals surface area contributed by atoms with Crippen molar-refractivity contribution in [2.24, 2.45) is 5.92 Å². The lowest BCUT2D eigenvalue weighted by atomic mass is 9.84. The van der Waals surface area contributed by atoms with E-state index in [9.17, 15) is 0 Å². The van der Waals surface area contributed by atoms with Gasteiger partial charge in [-0.25, -0.2) is 0 Å². The molecule has 170 valence electrons. The van der Waals surface area contributed by atoms with Gasteiger partial charge in [0, 0.05) is 13.1 Å². The number of rotatable bonds is 10.